The maximum Gasteiger partial charge on any atom is 0.309 e. The zero-order chi connectivity index (χ0) is 18.5. The monoisotopic (exact) mass is 351 g/mol. The molecule has 6 heteroatoms. The highest BCUT2D eigenvalue weighted by molar-refractivity contribution is 5.78. The molecule has 0 aliphatic carbocycles. The first kappa shape index (κ1) is 17.7. The number of ether oxygens (including phenoxy) is 1. The van der Waals surface area contributed by atoms with Crippen LogP contribution in [0.5, 0.6) is 0 Å². The third kappa shape index (κ3) is 3.59. The summed E-state index contributed by atoms with van der Waals surface area (Å²) < 4.78 is 6.12. The number of imidazole rings is 1. The first-order valence-electron chi connectivity index (χ1n) is 8.55. The van der Waals surface area contributed by atoms with Crippen LogP contribution >= 0.6 is 0 Å². The maximum atomic E-state index is 11.9. The van der Waals surface area contributed by atoms with Gasteiger partial charge in [0.05, 0.1) is 12.5 Å². The molecule has 0 saturated carbocycles. The summed E-state index contributed by atoms with van der Waals surface area (Å²) in [5.74, 6) is -0.309. The number of hydrogen-bond acceptors (Lipinski definition) is 5. The first-order chi connectivity index (χ1) is 12.6. The predicted molar refractivity (Wildman–Crippen MR) is 97.6 cm³/mol. The fraction of sp³-hybridized carbons (Fsp3) is 0.250. The van der Waals surface area contributed by atoms with Crippen molar-refractivity contribution >= 4 is 5.97 Å². The summed E-state index contributed by atoms with van der Waals surface area (Å²) in [6.07, 6.45) is 3.66. The minimum atomic E-state index is -0.409. The minimum absolute atomic E-state index is 0.273. The number of hydrogen-bond donors (Lipinski definition) is 1. The van der Waals surface area contributed by atoms with Gasteiger partial charge in [0.2, 0.25) is 0 Å². The van der Waals surface area contributed by atoms with Crippen LogP contribution in [0, 0.1) is 5.92 Å². The van der Waals surface area contributed by atoms with E-state index in [4.69, 9.17) is 4.74 Å². The molecule has 0 bridgehead atoms. The summed E-state index contributed by atoms with van der Waals surface area (Å²) in [5, 5.41) is 10.8. The zero-order valence-corrected chi connectivity index (χ0v) is 14.8. The number of aromatic nitrogens is 3. The number of carbonyl (C=O) groups excluding carboxylic acids is 1. The normalized spacial score (nSPS) is 11.9. The van der Waals surface area contributed by atoms with Gasteiger partial charge in [-0.1, -0.05) is 37.3 Å². The van der Waals surface area contributed by atoms with E-state index in [0.717, 1.165) is 15.9 Å². The van der Waals surface area contributed by atoms with Crippen molar-refractivity contribution in [3.05, 3.63) is 60.7 Å². The van der Waals surface area contributed by atoms with Crippen molar-refractivity contribution in [3.8, 4) is 22.5 Å². The molecule has 3 rings (SSSR count). The molecule has 0 fully saturated rings. The van der Waals surface area contributed by atoms with Gasteiger partial charge in [-0.3, -0.25) is 9.78 Å². The second-order valence-corrected chi connectivity index (χ2v) is 6.00. The van der Waals surface area contributed by atoms with E-state index in [9.17, 15) is 10.0 Å². The molecule has 134 valence electrons. The Morgan fingerprint density at radius 2 is 1.92 bits per heavy atom. The molecule has 0 aliphatic rings. The summed E-state index contributed by atoms with van der Waals surface area (Å²) in [6.45, 7) is 3.86. The lowest BCUT2D eigenvalue weighted by molar-refractivity contribution is -0.147. The van der Waals surface area contributed by atoms with Crippen LogP contribution in [0.25, 0.3) is 22.5 Å². The molecule has 26 heavy (non-hydrogen) atoms. The fourth-order valence-corrected chi connectivity index (χ4v) is 2.79. The molecule has 6 nitrogen and oxygen atoms in total. The largest absolute Gasteiger partial charge is 0.466 e. The Labute approximate surface area is 152 Å². The second-order valence-electron chi connectivity index (χ2n) is 6.00. The molecular formula is C20H21N3O3. The molecule has 3 aromatic rings. The van der Waals surface area contributed by atoms with Gasteiger partial charge in [0.15, 0.2) is 0 Å². The Bertz CT molecular complexity index is 876. The molecule has 1 atom stereocenters. The van der Waals surface area contributed by atoms with Gasteiger partial charge in [0, 0.05) is 29.9 Å². The highest BCUT2D eigenvalue weighted by atomic mass is 16.5. The van der Waals surface area contributed by atoms with Gasteiger partial charge in [-0.2, -0.15) is 4.73 Å². The van der Waals surface area contributed by atoms with E-state index in [1.807, 2.05) is 42.5 Å². The number of carbonyl (C=O) groups is 1. The number of nitrogens with zero attached hydrogens (tertiary/aromatic N) is 3. The van der Waals surface area contributed by atoms with Crippen molar-refractivity contribution in [2.24, 2.45) is 5.92 Å². The first-order valence-corrected chi connectivity index (χ1v) is 8.55. The highest BCUT2D eigenvalue weighted by Crippen LogP contribution is 2.32. The SMILES string of the molecule is CCOC(=O)C(C)Cc1nc(-c2cccnc2)c(-c2ccccc2)n1O. The molecular weight excluding hydrogens is 330 g/mol. The molecule has 0 spiro atoms. The van der Waals surface area contributed by atoms with E-state index in [0.29, 0.717) is 23.8 Å². The van der Waals surface area contributed by atoms with Gasteiger partial charge in [-0.15, -0.1) is 0 Å². The smallest absolute Gasteiger partial charge is 0.309 e. The quantitative estimate of drug-likeness (QED) is 0.542. The third-order valence-corrected chi connectivity index (χ3v) is 4.08. The van der Waals surface area contributed by atoms with Crippen LogP contribution in [0.2, 0.25) is 0 Å². The van der Waals surface area contributed by atoms with Gasteiger partial charge in [-0.25, -0.2) is 4.98 Å². The Morgan fingerprint density at radius 1 is 1.19 bits per heavy atom. The summed E-state index contributed by atoms with van der Waals surface area (Å²) >= 11 is 0. The zero-order valence-electron chi connectivity index (χ0n) is 14.8. The summed E-state index contributed by atoms with van der Waals surface area (Å²) in [5.41, 5.74) is 2.82. The van der Waals surface area contributed by atoms with Crippen LogP contribution in [0.4, 0.5) is 0 Å². The van der Waals surface area contributed by atoms with Crippen molar-refractivity contribution in [1.82, 2.24) is 14.7 Å². The van der Waals surface area contributed by atoms with E-state index in [1.165, 1.54) is 0 Å². The molecule has 0 saturated heterocycles. The number of rotatable bonds is 6. The molecule has 1 unspecified atom stereocenters. The molecule has 2 aromatic heterocycles. The van der Waals surface area contributed by atoms with Crippen LogP contribution in [-0.2, 0) is 16.0 Å². The Kier molecular flexibility index (Phi) is 5.31. The summed E-state index contributed by atoms with van der Waals surface area (Å²) in [4.78, 5) is 20.7. The van der Waals surface area contributed by atoms with Gasteiger partial charge in [-0.05, 0) is 19.1 Å². The molecule has 0 aliphatic heterocycles. The predicted octanol–water partition coefficient (Wildman–Crippen LogP) is 3.59. The lowest BCUT2D eigenvalue weighted by Crippen LogP contribution is -2.18. The van der Waals surface area contributed by atoms with Crippen molar-refractivity contribution in [2.45, 2.75) is 20.3 Å². The van der Waals surface area contributed by atoms with E-state index in [2.05, 4.69) is 9.97 Å². The Balaban J connectivity index is 2.05. The topological polar surface area (TPSA) is 77.2 Å². The average molecular weight is 351 g/mol. The van der Waals surface area contributed by atoms with E-state index in [1.54, 1.807) is 26.2 Å². The van der Waals surface area contributed by atoms with Crippen molar-refractivity contribution in [3.63, 3.8) is 0 Å². The fourth-order valence-electron chi connectivity index (χ4n) is 2.79. The van der Waals surface area contributed by atoms with Gasteiger partial charge >= 0.3 is 5.97 Å². The number of esters is 1. The van der Waals surface area contributed by atoms with Crippen molar-refractivity contribution in [2.75, 3.05) is 6.61 Å². The standard InChI is InChI=1S/C20H21N3O3/c1-3-26-20(24)14(2)12-17-22-18(16-10-7-11-21-13-16)19(23(17)25)15-8-5-4-6-9-15/h4-11,13-14,25H,3,12H2,1-2H3. The summed E-state index contributed by atoms with van der Waals surface area (Å²) in [6, 6.07) is 13.2. The maximum absolute atomic E-state index is 11.9. The Morgan fingerprint density at radius 3 is 2.58 bits per heavy atom. The van der Waals surface area contributed by atoms with Gasteiger partial charge in [0.25, 0.3) is 0 Å². The highest BCUT2D eigenvalue weighted by Gasteiger charge is 2.24. The van der Waals surface area contributed by atoms with Crippen LogP contribution < -0.4 is 0 Å². The number of pyridine rings is 1. The van der Waals surface area contributed by atoms with Crippen LogP contribution in [0.1, 0.15) is 19.7 Å². The average Bonchev–Trinajstić information content (AvgIpc) is 2.99. The lowest BCUT2D eigenvalue weighted by atomic mass is 10.1. The lowest BCUT2D eigenvalue weighted by Gasteiger charge is -2.10. The number of benzene rings is 1. The molecule has 2 heterocycles. The van der Waals surface area contributed by atoms with E-state index < -0.39 is 5.92 Å². The van der Waals surface area contributed by atoms with Crippen molar-refractivity contribution in [1.29, 1.82) is 0 Å². The van der Waals surface area contributed by atoms with Crippen LogP contribution in [0.3, 0.4) is 0 Å². The Hall–Kier alpha value is -3.15. The third-order valence-electron chi connectivity index (χ3n) is 4.08. The molecule has 0 radical (unpaired) electrons. The summed E-state index contributed by atoms with van der Waals surface area (Å²) in [7, 11) is 0. The van der Waals surface area contributed by atoms with Crippen molar-refractivity contribution < 1.29 is 14.7 Å². The molecule has 0 amide bonds. The van der Waals surface area contributed by atoms with Crippen LogP contribution in [-0.4, -0.2) is 32.5 Å². The van der Waals surface area contributed by atoms with E-state index in [-0.39, 0.29) is 12.4 Å². The van der Waals surface area contributed by atoms with Gasteiger partial charge < -0.3 is 9.94 Å². The second kappa shape index (κ2) is 7.82. The molecule has 1 N–H and O–H groups in total. The molecule has 1 aromatic carbocycles. The van der Waals surface area contributed by atoms with E-state index >= 15 is 0 Å². The van der Waals surface area contributed by atoms with Crippen LogP contribution in [0.15, 0.2) is 54.9 Å². The van der Waals surface area contributed by atoms with Gasteiger partial charge in [0.1, 0.15) is 17.2 Å². The minimum Gasteiger partial charge on any atom is -0.466 e.